The molecular formula is C25H38O7. The molecule has 2 saturated heterocycles. The Labute approximate surface area is 191 Å². The molecule has 1 atom stereocenters. The zero-order chi connectivity index (χ0) is 23.6. The van der Waals surface area contributed by atoms with Crippen molar-refractivity contribution >= 4 is 5.97 Å². The lowest BCUT2D eigenvalue weighted by atomic mass is 9.70. The highest BCUT2D eigenvalue weighted by Crippen LogP contribution is 2.42. The van der Waals surface area contributed by atoms with Crippen LogP contribution in [0.15, 0.2) is 12.1 Å². The molecule has 1 aromatic carbocycles. The van der Waals surface area contributed by atoms with E-state index in [-0.39, 0.29) is 44.1 Å². The van der Waals surface area contributed by atoms with Crippen LogP contribution in [0.3, 0.4) is 0 Å². The number of carbonyl (C=O) groups excluding carboxylic acids is 1. The predicted octanol–water partition coefficient (Wildman–Crippen LogP) is 3.86. The fourth-order valence-electron chi connectivity index (χ4n) is 4.72. The first-order valence-electron chi connectivity index (χ1n) is 11.3. The standard InChI is InChI=1S/C25H38O7/c1-17-9-18(10-19(21(17)27)23(2,3)4)7-8-20(26)31-11-24(5,6)22-25(14-30-16-32-22)12-28-15-29-13-25/h9-10,22,27H,7-8,11-16H2,1-6H3/t22-/m0/s1. The first-order valence-corrected chi connectivity index (χ1v) is 11.3. The van der Waals surface area contributed by atoms with Crippen LogP contribution in [0.4, 0.5) is 0 Å². The van der Waals surface area contributed by atoms with Gasteiger partial charge in [-0.05, 0) is 35.4 Å². The summed E-state index contributed by atoms with van der Waals surface area (Å²) >= 11 is 0. The van der Waals surface area contributed by atoms with E-state index in [1.54, 1.807) is 0 Å². The maximum Gasteiger partial charge on any atom is 0.306 e. The zero-order valence-corrected chi connectivity index (χ0v) is 20.3. The minimum atomic E-state index is -0.433. The van der Waals surface area contributed by atoms with E-state index in [1.165, 1.54) is 0 Å². The maximum absolute atomic E-state index is 12.6. The summed E-state index contributed by atoms with van der Waals surface area (Å²) in [4.78, 5) is 12.6. The number of esters is 1. The number of hydrogen-bond acceptors (Lipinski definition) is 7. The van der Waals surface area contributed by atoms with E-state index in [4.69, 9.17) is 23.7 Å². The van der Waals surface area contributed by atoms with Crippen molar-refractivity contribution in [1.82, 2.24) is 0 Å². The molecule has 0 aliphatic carbocycles. The zero-order valence-electron chi connectivity index (χ0n) is 20.3. The summed E-state index contributed by atoms with van der Waals surface area (Å²) in [5, 5.41) is 10.4. The van der Waals surface area contributed by atoms with Crippen LogP contribution >= 0.6 is 0 Å². The number of hydrogen-bond donors (Lipinski definition) is 1. The number of phenolic OH excluding ortho intramolecular Hbond substituents is 1. The molecule has 7 nitrogen and oxygen atoms in total. The molecule has 1 spiro atoms. The lowest BCUT2D eigenvalue weighted by Crippen LogP contribution is -2.60. The number of benzene rings is 1. The minimum Gasteiger partial charge on any atom is -0.507 e. The molecule has 7 heteroatoms. The Morgan fingerprint density at radius 2 is 1.72 bits per heavy atom. The topological polar surface area (TPSA) is 83.5 Å². The second-order valence-corrected chi connectivity index (χ2v) is 10.9. The molecule has 0 aromatic heterocycles. The highest BCUT2D eigenvalue weighted by atomic mass is 16.7. The Hall–Kier alpha value is -1.67. The van der Waals surface area contributed by atoms with Crippen molar-refractivity contribution in [1.29, 1.82) is 0 Å². The number of aryl methyl sites for hydroxylation is 2. The molecule has 1 N–H and O–H groups in total. The van der Waals surface area contributed by atoms with Crippen molar-refractivity contribution in [3.05, 3.63) is 28.8 Å². The lowest BCUT2D eigenvalue weighted by molar-refractivity contribution is -0.299. The molecule has 2 aliphatic heterocycles. The van der Waals surface area contributed by atoms with Crippen molar-refractivity contribution in [3.8, 4) is 5.75 Å². The first-order chi connectivity index (χ1) is 14.9. The lowest BCUT2D eigenvalue weighted by Gasteiger charge is -2.50. The summed E-state index contributed by atoms with van der Waals surface area (Å²) in [7, 11) is 0. The van der Waals surface area contributed by atoms with Gasteiger partial charge in [0.2, 0.25) is 0 Å². The van der Waals surface area contributed by atoms with Crippen LogP contribution in [0.5, 0.6) is 5.75 Å². The molecule has 180 valence electrons. The molecule has 0 saturated carbocycles. The summed E-state index contributed by atoms with van der Waals surface area (Å²) in [5.74, 6) is 0.0741. The van der Waals surface area contributed by atoms with Crippen LogP contribution in [0, 0.1) is 17.8 Å². The summed E-state index contributed by atoms with van der Waals surface area (Å²) in [6.45, 7) is 14.3. The molecule has 0 radical (unpaired) electrons. The van der Waals surface area contributed by atoms with Gasteiger partial charge < -0.3 is 28.8 Å². The average molecular weight is 451 g/mol. The molecule has 0 bridgehead atoms. The molecule has 2 fully saturated rings. The van der Waals surface area contributed by atoms with Gasteiger partial charge in [-0.1, -0.05) is 46.8 Å². The fourth-order valence-corrected chi connectivity index (χ4v) is 4.72. The second-order valence-electron chi connectivity index (χ2n) is 10.9. The molecule has 32 heavy (non-hydrogen) atoms. The number of rotatable bonds is 6. The van der Waals surface area contributed by atoms with E-state index < -0.39 is 10.8 Å². The van der Waals surface area contributed by atoms with Gasteiger partial charge in [0.05, 0.1) is 37.9 Å². The van der Waals surface area contributed by atoms with Crippen LogP contribution in [0.25, 0.3) is 0 Å². The van der Waals surface area contributed by atoms with Gasteiger partial charge in [-0.25, -0.2) is 0 Å². The summed E-state index contributed by atoms with van der Waals surface area (Å²) in [6.07, 6.45) is 0.615. The monoisotopic (exact) mass is 450 g/mol. The Balaban J connectivity index is 1.59. The highest BCUT2D eigenvalue weighted by molar-refractivity contribution is 5.69. The van der Waals surface area contributed by atoms with E-state index in [2.05, 4.69) is 20.8 Å². The van der Waals surface area contributed by atoms with Crippen LogP contribution < -0.4 is 0 Å². The Morgan fingerprint density at radius 1 is 1.09 bits per heavy atom. The van der Waals surface area contributed by atoms with E-state index in [1.807, 2.05) is 32.9 Å². The molecule has 1 aromatic rings. The van der Waals surface area contributed by atoms with Crippen LogP contribution in [-0.2, 0) is 40.3 Å². The van der Waals surface area contributed by atoms with E-state index >= 15 is 0 Å². The van der Waals surface area contributed by atoms with Gasteiger partial charge >= 0.3 is 5.97 Å². The maximum atomic E-state index is 12.6. The van der Waals surface area contributed by atoms with Gasteiger partial charge in [0.25, 0.3) is 0 Å². The Morgan fingerprint density at radius 3 is 2.34 bits per heavy atom. The molecule has 2 heterocycles. The Bertz CT molecular complexity index is 795. The minimum absolute atomic E-state index is 0.179. The van der Waals surface area contributed by atoms with Crippen molar-refractivity contribution in [2.24, 2.45) is 10.8 Å². The summed E-state index contributed by atoms with van der Waals surface area (Å²) in [5.41, 5.74) is 1.71. The number of ether oxygens (including phenoxy) is 5. The largest absolute Gasteiger partial charge is 0.507 e. The van der Waals surface area contributed by atoms with Crippen LogP contribution in [-0.4, -0.2) is 57.2 Å². The number of aromatic hydroxyl groups is 1. The third kappa shape index (κ3) is 5.63. The van der Waals surface area contributed by atoms with Gasteiger partial charge in [-0.3, -0.25) is 4.79 Å². The van der Waals surface area contributed by atoms with Gasteiger partial charge in [-0.2, -0.15) is 0 Å². The molecule has 0 unspecified atom stereocenters. The van der Waals surface area contributed by atoms with Gasteiger partial charge in [0.1, 0.15) is 19.3 Å². The van der Waals surface area contributed by atoms with Gasteiger partial charge in [0, 0.05) is 11.8 Å². The van der Waals surface area contributed by atoms with Crippen LogP contribution in [0.1, 0.15) is 57.7 Å². The summed E-state index contributed by atoms with van der Waals surface area (Å²) in [6, 6.07) is 3.92. The Kier molecular flexibility index (Phi) is 7.55. The fraction of sp³-hybridized carbons (Fsp3) is 0.720. The molecular weight excluding hydrogens is 412 g/mol. The first kappa shape index (κ1) is 25.0. The smallest absolute Gasteiger partial charge is 0.306 e. The average Bonchev–Trinajstić information content (AvgIpc) is 2.73. The number of phenols is 1. The quantitative estimate of drug-likeness (QED) is 0.659. The number of carbonyl (C=O) groups is 1. The van der Waals surface area contributed by atoms with Gasteiger partial charge in [0.15, 0.2) is 0 Å². The van der Waals surface area contributed by atoms with Crippen molar-refractivity contribution in [2.45, 2.75) is 65.9 Å². The van der Waals surface area contributed by atoms with Crippen molar-refractivity contribution < 1.29 is 33.6 Å². The van der Waals surface area contributed by atoms with E-state index in [9.17, 15) is 9.90 Å². The normalized spacial score (nSPS) is 21.5. The third-order valence-corrected chi connectivity index (χ3v) is 6.31. The van der Waals surface area contributed by atoms with Crippen molar-refractivity contribution in [3.63, 3.8) is 0 Å². The van der Waals surface area contributed by atoms with E-state index in [0.29, 0.717) is 32.0 Å². The molecule has 3 rings (SSSR count). The summed E-state index contributed by atoms with van der Waals surface area (Å²) < 4.78 is 28.3. The predicted molar refractivity (Wildman–Crippen MR) is 120 cm³/mol. The third-order valence-electron chi connectivity index (χ3n) is 6.31. The molecule has 2 aliphatic rings. The van der Waals surface area contributed by atoms with Crippen LogP contribution in [0.2, 0.25) is 0 Å². The SMILES string of the molecule is Cc1cc(CCC(=O)OCC(C)(C)[C@@H]2OCOCC23COCOC3)cc(C(C)(C)C)c1O. The molecule has 0 amide bonds. The van der Waals surface area contributed by atoms with Gasteiger partial charge in [-0.15, -0.1) is 0 Å². The second kappa shape index (κ2) is 9.67. The van der Waals surface area contributed by atoms with Crippen molar-refractivity contribution in [2.75, 3.05) is 40.0 Å². The van der Waals surface area contributed by atoms with E-state index in [0.717, 1.165) is 16.7 Å². The highest BCUT2D eigenvalue weighted by Gasteiger charge is 2.52.